The van der Waals surface area contributed by atoms with Crippen LogP contribution in [0.25, 0.3) is 0 Å². The van der Waals surface area contributed by atoms with Gasteiger partial charge in [0.15, 0.2) is 0 Å². The molecule has 92 valence electrons. The Morgan fingerprint density at radius 3 is 2.06 bits per heavy atom. The molecule has 0 bridgehead atoms. The highest BCUT2D eigenvalue weighted by Gasteiger charge is 2.32. The van der Waals surface area contributed by atoms with Gasteiger partial charge in [0.1, 0.15) is 0 Å². The van der Waals surface area contributed by atoms with Gasteiger partial charge in [-0.3, -0.25) is 0 Å². The molecule has 4 atom stereocenters. The van der Waals surface area contributed by atoms with Crippen molar-refractivity contribution in [3.8, 4) is 0 Å². The number of hydrogen-bond donors (Lipinski definition) is 1. The summed E-state index contributed by atoms with van der Waals surface area (Å²) in [5, 5.41) is 3.92. The third kappa shape index (κ3) is 2.30. The Labute approximate surface area is 100 Å². The molecule has 4 unspecified atom stereocenters. The van der Waals surface area contributed by atoms with Crippen LogP contribution in [-0.2, 0) is 0 Å². The molecular weight excluding hydrogens is 194 g/mol. The second-order valence-electron chi connectivity index (χ2n) is 6.44. The van der Waals surface area contributed by atoms with Crippen molar-refractivity contribution in [3.05, 3.63) is 0 Å². The zero-order valence-electron chi connectivity index (χ0n) is 10.6. The lowest BCUT2D eigenvalue weighted by molar-refractivity contribution is 0.140. The lowest BCUT2D eigenvalue weighted by Crippen LogP contribution is -2.45. The van der Waals surface area contributed by atoms with E-state index >= 15 is 0 Å². The molecule has 1 heterocycles. The van der Waals surface area contributed by atoms with Gasteiger partial charge in [0.2, 0.25) is 0 Å². The predicted octanol–water partition coefficient (Wildman–Crippen LogP) is 3.74. The van der Waals surface area contributed by atoms with E-state index in [4.69, 9.17) is 0 Å². The summed E-state index contributed by atoms with van der Waals surface area (Å²) in [7, 11) is 0. The minimum atomic E-state index is 0.886. The Kier molecular flexibility index (Phi) is 3.51. The van der Waals surface area contributed by atoms with Gasteiger partial charge >= 0.3 is 0 Å². The van der Waals surface area contributed by atoms with Crippen LogP contribution in [-0.4, -0.2) is 12.6 Å². The second kappa shape index (κ2) is 5.08. The molecule has 1 aliphatic heterocycles. The summed E-state index contributed by atoms with van der Waals surface area (Å²) >= 11 is 0. The Hall–Kier alpha value is -0.0400. The van der Waals surface area contributed by atoms with Crippen LogP contribution < -0.4 is 5.32 Å². The Morgan fingerprint density at radius 1 is 0.562 bits per heavy atom. The van der Waals surface area contributed by atoms with Gasteiger partial charge in [-0.15, -0.1) is 0 Å². The molecule has 2 saturated carbocycles. The summed E-state index contributed by atoms with van der Waals surface area (Å²) < 4.78 is 0. The van der Waals surface area contributed by atoms with Gasteiger partial charge in [-0.2, -0.15) is 0 Å². The van der Waals surface area contributed by atoms with Crippen LogP contribution in [0.15, 0.2) is 0 Å². The van der Waals surface area contributed by atoms with E-state index in [2.05, 4.69) is 5.32 Å². The fourth-order valence-electron chi connectivity index (χ4n) is 4.49. The highest BCUT2D eigenvalue weighted by molar-refractivity contribution is 4.87. The second-order valence-corrected chi connectivity index (χ2v) is 6.44. The molecule has 0 aromatic heterocycles. The predicted molar refractivity (Wildman–Crippen MR) is 68.4 cm³/mol. The topological polar surface area (TPSA) is 12.0 Å². The average Bonchev–Trinajstić information content (AvgIpc) is 2.32. The van der Waals surface area contributed by atoms with Crippen molar-refractivity contribution in [3.63, 3.8) is 0 Å². The summed E-state index contributed by atoms with van der Waals surface area (Å²) in [6, 6.07) is 0.886. The van der Waals surface area contributed by atoms with E-state index in [0.29, 0.717) is 0 Å². The first-order valence-corrected chi connectivity index (χ1v) is 7.67. The van der Waals surface area contributed by atoms with Crippen molar-refractivity contribution in [1.29, 1.82) is 0 Å². The Balaban J connectivity index is 1.63. The molecule has 3 rings (SSSR count). The van der Waals surface area contributed by atoms with Crippen molar-refractivity contribution >= 4 is 0 Å². The molecule has 0 radical (unpaired) electrons. The number of rotatable bonds is 0. The molecular formula is C15H27N. The maximum absolute atomic E-state index is 3.92. The van der Waals surface area contributed by atoms with E-state index in [0.717, 1.165) is 23.8 Å². The first kappa shape index (κ1) is 11.1. The van der Waals surface area contributed by atoms with Crippen LogP contribution in [0.5, 0.6) is 0 Å². The fourth-order valence-corrected chi connectivity index (χ4v) is 4.49. The summed E-state index contributed by atoms with van der Waals surface area (Å²) in [6.45, 7) is 1.34. The van der Waals surface area contributed by atoms with Crippen LogP contribution in [0.4, 0.5) is 0 Å². The van der Waals surface area contributed by atoms with Gasteiger partial charge in [-0.05, 0) is 56.4 Å². The SMILES string of the molecule is C1CCC2CNC3CCCCC3CCC2C1. The van der Waals surface area contributed by atoms with Gasteiger partial charge in [0.05, 0.1) is 0 Å². The first-order chi connectivity index (χ1) is 7.93. The molecule has 1 N–H and O–H groups in total. The van der Waals surface area contributed by atoms with E-state index in [1.807, 2.05) is 0 Å². The standard InChI is InChI=1S/C15H27N/c1-2-7-14-11-16-15-8-4-3-6-13(15)10-9-12(14)5-1/h12-16H,1-11H2. The normalized spacial score (nSPS) is 45.0. The van der Waals surface area contributed by atoms with Crippen molar-refractivity contribution in [2.24, 2.45) is 17.8 Å². The van der Waals surface area contributed by atoms with E-state index in [1.54, 1.807) is 6.42 Å². The zero-order chi connectivity index (χ0) is 10.8. The van der Waals surface area contributed by atoms with Gasteiger partial charge in [0.25, 0.3) is 0 Å². The lowest BCUT2D eigenvalue weighted by atomic mass is 9.71. The van der Waals surface area contributed by atoms with Gasteiger partial charge < -0.3 is 5.32 Å². The van der Waals surface area contributed by atoms with E-state index in [1.165, 1.54) is 64.3 Å². The number of fused-ring (bicyclic) bond motifs is 2. The third-order valence-electron chi connectivity index (χ3n) is 5.53. The minimum absolute atomic E-state index is 0.886. The number of nitrogens with one attached hydrogen (secondary N) is 1. The van der Waals surface area contributed by atoms with E-state index < -0.39 is 0 Å². The van der Waals surface area contributed by atoms with Crippen molar-refractivity contribution in [1.82, 2.24) is 5.32 Å². The average molecular weight is 221 g/mol. The molecule has 3 fully saturated rings. The first-order valence-electron chi connectivity index (χ1n) is 7.67. The van der Waals surface area contributed by atoms with Crippen molar-refractivity contribution in [2.75, 3.05) is 6.54 Å². The van der Waals surface area contributed by atoms with Gasteiger partial charge in [-0.1, -0.05) is 32.1 Å². The van der Waals surface area contributed by atoms with Crippen LogP contribution in [0, 0.1) is 17.8 Å². The summed E-state index contributed by atoms with van der Waals surface area (Å²) in [4.78, 5) is 0. The van der Waals surface area contributed by atoms with Crippen molar-refractivity contribution in [2.45, 2.75) is 70.3 Å². The molecule has 0 aromatic carbocycles. The molecule has 1 heteroatoms. The molecule has 1 nitrogen and oxygen atoms in total. The highest BCUT2D eigenvalue weighted by Crippen LogP contribution is 2.38. The van der Waals surface area contributed by atoms with Crippen LogP contribution in [0.1, 0.15) is 64.2 Å². The summed E-state index contributed by atoms with van der Waals surface area (Å²) in [6.07, 6.45) is 15.1. The Morgan fingerprint density at radius 2 is 1.19 bits per heavy atom. The third-order valence-corrected chi connectivity index (χ3v) is 5.53. The molecule has 1 saturated heterocycles. The van der Waals surface area contributed by atoms with Crippen molar-refractivity contribution < 1.29 is 0 Å². The van der Waals surface area contributed by atoms with Gasteiger partial charge in [0, 0.05) is 6.04 Å². The van der Waals surface area contributed by atoms with Crippen LogP contribution >= 0.6 is 0 Å². The van der Waals surface area contributed by atoms with Gasteiger partial charge in [-0.25, -0.2) is 0 Å². The number of hydrogen-bond acceptors (Lipinski definition) is 1. The summed E-state index contributed by atoms with van der Waals surface area (Å²) in [5.41, 5.74) is 0. The molecule has 2 aliphatic carbocycles. The minimum Gasteiger partial charge on any atom is -0.313 e. The summed E-state index contributed by atoms with van der Waals surface area (Å²) in [5.74, 6) is 3.12. The maximum Gasteiger partial charge on any atom is 0.00954 e. The van der Waals surface area contributed by atoms with E-state index in [9.17, 15) is 0 Å². The molecule has 0 amide bonds. The molecule has 16 heavy (non-hydrogen) atoms. The van der Waals surface area contributed by atoms with Crippen LogP contribution in [0.2, 0.25) is 0 Å². The monoisotopic (exact) mass is 221 g/mol. The molecule has 0 spiro atoms. The smallest absolute Gasteiger partial charge is 0.00954 e. The fraction of sp³-hybridized carbons (Fsp3) is 1.00. The van der Waals surface area contributed by atoms with Crippen LogP contribution in [0.3, 0.4) is 0 Å². The molecule has 3 aliphatic rings. The lowest BCUT2D eigenvalue weighted by Gasteiger charge is -2.41. The Bertz CT molecular complexity index is 177. The molecule has 0 aromatic rings. The zero-order valence-corrected chi connectivity index (χ0v) is 10.6. The quantitative estimate of drug-likeness (QED) is 0.657. The largest absolute Gasteiger partial charge is 0.313 e. The van der Waals surface area contributed by atoms with E-state index in [-0.39, 0.29) is 0 Å². The highest BCUT2D eigenvalue weighted by atomic mass is 14.9. The maximum atomic E-state index is 3.92.